The van der Waals surface area contributed by atoms with E-state index in [1.807, 2.05) is 36.4 Å². The fourth-order valence-corrected chi connectivity index (χ4v) is 3.54. The van der Waals surface area contributed by atoms with E-state index in [2.05, 4.69) is 79.7 Å². The third kappa shape index (κ3) is 5.21. The number of hydrogen-bond acceptors (Lipinski definition) is 2. The molecule has 0 unspecified atom stereocenters. The highest BCUT2D eigenvalue weighted by molar-refractivity contribution is 6.47. The highest BCUT2D eigenvalue weighted by Crippen LogP contribution is 2.32. The Bertz CT molecular complexity index is 1080. The number of anilines is 2. The van der Waals surface area contributed by atoms with Crippen molar-refractivity contribution in [1.82, 2.24) is 0 Å². The van der Waals surface area contributed by atoms with Crippen molar-refractivity contribution in [1.29, 1.82) is 5.41 Å². The van der Waals surface area contributed by atoms with Gasteiger partial charge in [-0.2, -0.15) is 0 Å². The van der Waals surface area contributed by atoms with Crippen LogP contribution >= 0.6 is 0 Å². The molecule has 0 heterocycles. The smallest absolute Gasteiger partial charge is 0.168 e. The molecule has 4 nitrogen and oxygen atoms in total. The first kappa shape index (κ1) is 22.3. The Kier molecular flexibility index (Phi) is 6.91. The number of nitrogens with one attached hydrogen (secondary N) is 3. The number of aliphatic imine (C=N–C) groups is 1. The van der Waals surface area contributed by atoms with Crippen LogP contribution in [0.25, 0.3) is 11.1 Å². The number of benzene rings is 3. The second-order valence-electron chi connectivity index (χ2n) is 8.38. The largest absolute Gasteiger partial charge is 0.337 e. The van der Waals surface area contributed by atoms with Crippen LogP contribution in [0, 0.1) is 12.3 Å². The van der Waals surface area contributed by atoms with Crippen molar-refractivity contribution in [2.45, 2.75) is 39.5 Å². The zero-order valence-corrected chi connectivity index (χ0v) is 19.1. The number of hydrogen-bond donors (Lipinski definition) is 3. The maximum Gasteiger partial charge on any atom is 0.168 e. The Balaban J connectivity index is 1.79. The molecule has 0 aliphatic rings. The number of nitrogens with zero attached hydrogens (tertiary/aromatic N) is 1. The summed E-state index contributed by atoms with van der Waals surface area (Å²) in [6.45, 7) is 8.71. The van der Waals surface area contributed by atoms with E-state index in [1.54, 1.807) is 7.05 Å². The second-order valence-corrected chi connectivity index (χ2v) is 8.38. The van der Waals surface area contributed by atoms with Crippen LogP contribution in [0.3, 0.4) is 0 Å². The molecule has 160 valence electrons. The van der Waals surface area contributed by atoms with Gasteiger partial charge in [0.25, 0.3) is 0 Å². The molecule has 0 spiro atoms. The van der Waals surface area contributed by atoms with E-state index in [1.165, 1.54) is 11.1 Å². The van der Waals surface area contributed by atoms with Crippen LogP contribution in [-0.2, 0) is 5.41 Å². The topological polar surface area (TPSA) is 60.3 Å². The highest BCUT2D eigenvalue weighted by atomic mass is 15.1. The van der Waals surface area contributed by atoms with Gasteiger partial charge >= 0.3 is 0 Å². The van der Waals surface area contributed by atoms with Gasteiger partial charge in [0, 0.05) is 18.4 Å². The Labute approximate surface area is 186 Å². The van der Waals surface area contributed by atoms with Crippen LogP contribution < -0.4 is 10.6 Å². The molecule has 3 rings (SSSR count). The first-order valence-corrected chi connectivity index (χ1v) is 10.7. The molecule has 0 fully saturated rings. The molecule has 3 aromatic carbocycles. The average Bonchev–Trinajstić information content (AvgIpc) is 2.79. The van der Waals surface area contributed by atoms with Gasteiger partial charge in [0.2, 0.25) is 0 Å². The molecule has 3 aromatic rings. The van der Waals surface area contributed by atoms with Crippen LogP contribution in [-0.4, -0.2) is 18.7 Å². The maximum absolute atomic E-state index is 8.61. The third-order valence-electron chi connectivity index (χ3n) is 5.85. The van der Waals surface area contributed by atoms with E-state index in [0.29, 0.717) is 5.84 Å². The molecule has 0 aliphatic carbocycles. The van der Waals surface area contributed by atoms with E-state index in [-0.39, 0.29) is 11.3 Å². The van der Waals surface area contributed by atoms with E-state index < -0.39 is 0 Å². The number of para-hydroxylation sites is 1. The summed E-state index contributed by atoms with van der Waals surface area (Å²) in [6, 6.07) is 24.8. The molecule has 31 heavy (non-hydrogen) atoms. The quantitative estimate of drug-likeness (QED) is 0.316. The van der Waals surface area contributed by atoms with Gasteiger partial charge in [-0.1, -0.05) is 75.4 Å². The molecule has 0 saturated carbocycles. The van der Waals surface area contributed by atoms with Gasteiger partial charge in [0.15, 0.2) is 11.7 Å². The summed E-state index contributed by atoms with van der Waals surface area (Å²) in [6.07, 6.45) is 1.02. The van der Waals surface area contributed by atoms with Crippen molar-refractivity contribution in [3.05, 3.63) is 83.9 Å². The zero-order chi connectivity index (χ0) is 22.4. The van der Waals surface area contributed by atoms with Gasteiger partial charge in [-0.3, -0.25) is 10.4 Å². The normalized spacial score (nSPS) is 11.8. The van der Waals surface area contributed by atoms with Gasteiger partial charge < -0.3 is 10.6 Å². The monoisotopic (exact) mass is 412 g/mol. The van der Waals surface area contributed by atoms with Gasteiger partial charge in [0.1, 0.15) is 0 Å². The molecule has 0 atom stereocenters. The van der Waals surface area contributed by atoms with E-state index in [9.17, 15) is 0 Å². The van der Waals surface area contributed by atoms with E-state index in [4.69, 9.17) is 5.41 Å². The van der Waals surface area contributed by atoms with Gasteiger partial charge in [-0.15, -0.1) is 0 Å². The van der Waals surface area contributed by atoms with Crippen molar-refractivity contribution in [3.63, 3.8) is 0 Å². The van der Waals surface area contributed by atoms with Crippen molar-refractivity contribution in [2.24, 2.45) is 4.99 Å². The standard InChI is InChI=1S/C27H32N4/c1-6-27(3,4)22-14-10-11-15-24(22)31-26(29-5)25(28)30-23-17-16-21(18-19(23)2)20-12-8-7-9-13-20/h7-18H,6H2,1-5H3,(H2,28,30)(H,29,31). The molecule has 4 heteroatoms. The van der Waals surface area contributed by atoms with Gasteiger partial charge in [-0.05, 0) is 59.2 Å². The summed E-state index contributed by atoms with van der Waals surface area (Å²) in [7, 11) is 1.71. The zero-order valence-electron chi connectivity index (χ0n) is 19.1. The molecule has 0 aromatic heterocycles. The van der Waals surface area contributed by atoms with Crippen molar-refractivity contribution >= 4 is 23.0 Å². The minimum Gasteiger partial charge on any atom is -0.337 e. The molecule has 0 bridgehead atoms. The third-order valence-corrected chi connectivity index (χ3v) is 5.85. The Morgan fingerprint density at radius 2 is 1.55 bits per heavy atom. The highest BCUT2D eigenvalue weighted by Gasteiger charge is 2.22. The van der Waals surface area contributed by atoms with E-state index >= 15 is 0 Å². The van der Waals surface area contributed by atoms with Crippen molar-refractivity contribution < 1.29 is 0 Å². The van der Waals surface area contributed by atoms with Crippen LogP contribution in [0.1, 0.15) is 38.3 Å². The molecular formula is C27H32N4. The molecule has 0 aliphatic heterocycles. The van der Waals surface area contributed by atoms with Gasteiger partial charge in [0.05, 0.1) is 0 Å². The Hall–Kier alpha value is -3.40. The Morgan fingerprint density at radius 3 is 2.19 bits per heavy atom. The fraction of sp³-hybridized carbons (Fsp3) is 0.259. The van der Waals surface area contributed by atoms with Crippen LogP contribution in [0.15, 0.2) is 77.8 Å². The van der Waals surface area contributed by atoms with Crippen molar-refractivity contribution in [2.75, 3.05) is 17.7 Å². The van der Waals surface area contributed by atoms with Crippen LogP contribution in [0.4, 0.5) is 11.4 Å². The first-order chi connectivity index (χ1) is 14.9. The second kappa shape index (κ2) is 9.61. The Morgan fingerprint density at radius 1 is 0.871 bits per heavy atom. The lowest BCUT2D eigenvalue weighted by Gasteiger charge is -2.27. The predicted octanol–water partition coefficient (Wildman–Crippen LogP) is 6.88. The molecule has 0 saturated heterocycles. The predicted molar refractivity (Wildman–Crippen MR) is 135 cm³/mol. The first-order valence-electron chi connectivity index (χ1n) is 10.7. The maximum atomic E-state index is 8.61. The summed E-state index contributed by atoms with van der Waals surface area (Å²) in [4.78, 5) is 4.34. The minimum absolute atomic E-state index is 0.0297. The number of rotatable bonds is 5. The molecule has 0 radical (unpaired) electrons. The van der Waals surface area contributed by atoms with Crippen molar-refractivity contribution in [3.8, 4) is 11.1 Å². The summed E-state index contributed by atoms with van der Waals surface area (Å²) in [5.41, 5.74) is 6.55. The van der Waals surface area contributed by atoms with E-state index in [0.717, 1.165) is 28.9 Å². The molecule has 3 N–H and O–H groups in total. The minimum atomic E-state index is 0.0297. The lowest BCUT2D eigenvalue weighted by atomic mass is 9.81. The number of amidine groups is 2. The lowest BCUT2D eigenvalue weighted by molar-refractivity contribution is 0.508. The van der Waals surface area contributed by atoms with Crippen LogP contribution in [0.5, 0.6) is 0 Å². The summed E-state index contributed by atoms with van der Waals surface area (Å²) < 4.78 is 0. The molecule has 0 amide bonds. The van der Waals surface area contributed by atoms with Gasteiger partial charge in [-0.25, -0.2) is 0 Å². The summed E-state index contributed by atoms with van der Waals surface area (Å²) >= 11 is 0. The lowest BCUT2D eigenvalue weighted by Crippen LogP contribution is -2.30. The van der Waals surface area contributed by atoms with Crippen LogP contribution in [0.2, 0.25) is 0 Å². The number of aryl methyl sites for hydroxylation is 1. The molecular weight excluding hydrogens is 380 g/mol. The summed E-state index contributed by atoms with van der Waals surface area (Å²) in [5.74, 6) is 0.744. The average molecular weight is 413 g/mol. The SMILES string of the molecule is CCC(C)(C)c1ccccc1N/C(=N/C)C(=N)Nc1ccc(-c2ccccc2)cc1C. The summed E-state index contributed by atoms with van der Waals surface area (Å²) in [5, 5.41) is 15.2. The fourth-order valence-electron chi connectivity index (χ4n) is 3.54.